The van der Waals surface area contributed by atoms with E-state index < -0.39 is 4.92 Å². The third-order valence-corrected chi connectivity index (χ3v) is 2.88. The third kappa shape index (κ3) is 5.71. The maximum absolute atomic E-state index is 10.8. The Morgan fingerprint density at radius 3 is 2.60 bits per heavy atom. The molecule has 0 aliphatic carbocycles. The highest BCUT2D eigenvalue weighted by Crippen LogP contribution is 2.22. The van der Waals surface area contributed by atoms with E-state index in [1.807, 2.05) is 14.1 Å². The molecule has 112 valence electrons. The SMILES string of the molecule is CC(C)CC(CN(C)C)Nc1cc([N+](=O)[O-])cc(Cl)n1. The molecule has 1 heterocycles. The molecule has 1 unspecified atom stereocenters. The Morgan fingerprint density at radius 1 is 1.45 bits per heavy atom. The van der Waals surface area contributed by atoms with Gasteiger partial charge in [-0.1, -0.05) is 25.4 Å². The Morgan fingerprint density at radius 2 is 2.10 bits per heavy atom. The maximum atomic E-state index is 10.8. The molecular weight excluding hydrogens is 280 g/mol. The summed E-state index contributed by atoms with van der Waals surface area (Å²) in [5.74, 6) is 0.957. The average Bonchev–Trinajstić information content (AvgIpc) is 2.25. The zero-order chi connectivity index (χ0) is 15.3. The van der Waals surface area contributed by atoms with Gasteiger partial charge in [-0.2, -0.15) is 0 Å². The van der Waals surface area contributed by atoms with Crippen molar-refractivity contribution in [1.29, 1.82) is 0 Å². The minimum atomic E-state index is -0.470. The highest BCUT2D eigenvalue weighted by Gasteiger charge is 2.16. The largest absolute Gasteiger partial charge is 0.366 e. The van der Waals surface area contributed by atoms with Crippen molar-refractivity contribution in [1.82, 2.24) is 9.88 Å². The molecule has 7 heteroatoms. The van der Waals surface area contributed by atoms with Crippen LogP contribution in [0.1, 0.15) is 20.3 Å². The van der Waals surface area contributed by atoms with Crippen molar-refractivity contribution in [2.45, 2.75) is 26.3 Å². The number of aromatic nitrogens is 1. The summed E-state index contributed by atoms with van der Waals surface area (Å²) in [5.41, 5.74) is -0.0550. The molecule has 6 nitrogen and oxygen atoms in total. The number of nitrogens with zero attached hydrogens (tertiary/aromatic N) is 3. The Kier molecular flexibility index (Phi) is 6.16. The summed E-state index contributed by atoms with van der Waals surface area (Å²) in [6.45, 7) is 5.09. The van der Waals surface area contributed by atoms with Crippen LogP contribution in [-0.4, -0.2) is 41.5 Å². The monoisotopic (exact) mass is 300 g/mol. The lowest BCUT2D eigenvalue weighted by Crippen LogP contribution is -2.33. The Bertz CT molecular complexity index is 456. The van der Waals surface area contributed by atoms with E-state index in [-0.39, 0.29) is 16.9 Å². The summed E-state index contributed by atoms with van der Waals surface area (Å²) in [5, 5.41) is 14.2. The second-order valence-corrected chi connectivity index (χ2v) is 5.91. The van der Waals surface area contributed by atoms with Crippen molar-refractivity contribution in [3.8, 4) is 0 Å². The van der Waals surface area contributed by atoms with Gasteiger partial charge in [-0.25, -0.2) is 4.98 Å². The lowest BCUT2D eigenvalue weighted by molar-refractivity contribution is -0.384. The van der Waals surface area contributed by atoms with Crippen molar-refractivity contribution in [2.75, 3.05) is 26.0 Å². The third-order valence-electron chi connectivity index (χ3n) is 2.68. The normalized spacial score (nSPS) is 12.8. The second kappa shape index (κ2) is 7.40. The van der Waals surface area contributed by atoms with Crippen LogP contribution in [0.2, 0.25) is 5.15 Å². The minimum absolute atomic E-state index is 0.0550. The Hall–Kier alpha value is -1.40. The lowest BCUT2D eigenvalue weighted by atomic mass is 10.0. The van der Waals surface area contributed by atoms with E-state index in [4.69, 9.17) is 11.6 Å². The first-order chi connectivity index (χ1) is 9.27. The van der Waals surface area contributed by atoms with Gasteiger partial charge in [-0.3, -0.25) is 10.1 Å². The van der Waals surface area contributed by atoms with Gasteiger partial charge in [0, 0.05) is 12.6 Å². The molecule has 0 aliphatic rings. The van der Waals surface area contributed by atoms with Crippen LogP contribution in [0.25, 0.3) is 0 Å². The van der Waals surface area contributed by atoms with Crippen molar-refractivity contribution in [3.63, 3.8) is 0 Å². The van der Waals surface area contributed by atoms with E-state index in [0.29, 0.717) is 11.7 Å². The fourth-order valence-electron chi connectivity index (χ4n) is 2.06. The smallest absolute Gasteiger partial charge is 0.276 e. The van der Waals surface area contributed by atoms with E-state index in [9.17, 15) is 10.1 Å². The Balaban J connectivity index is 2.89. The summed E-state index contributed by atoms with van der Waals surface area (Å²) in [7, 11) is 3.98. The van der Waals surface area contributed by atoms with Crippen LogP contribution in [0, 0.1) is 16.0 Å². The van der Waals surface area contributed by atoms with Gasteiger partial charge in [0.05, 0.1) is 17.1 Å². The van der Waals surface area contributed by atoms with Gasteiger partial charge in [0.15, 0.2) is 0 Å². The van der Waals surface area contributed by atoms with Crippen LogP contribution in [0.5, 0.6) is 0 Å². The molecular formula is C13H21ClN4O2. The highest BCUT2D eigenvalue weighted by atomic mass is 35.5. The molecule has 1 aromatic heterocycles. The molecule has 0 radical (unpaired) electrons. The predicted molar refractivity (Wildman–Crippen MR) is 81.3 cm³/mol. The molecule has 0 saturated carbocycles. The quantitative estimate of drug-likeness (QED) is 0.476. The summed E-state index contributed by atoms with van der Waals surface area (Å²) in [4.78, 5) is 16.5. The van der Waals surface area contributed by atoms with Gasteiger partial charge < -0.3 is 10.2 Å². The van der Waals surface area contributed by atoms with Gasteiger partial charge in [0.2, 0.25) is 0 Å². The van der Waals surface area contributed by atoms with E-state index in [0.717, 1.165) is 13.0 Å². The number of anilines is 1. The molecule has 0 spiro atoms. The van der Waals surface area contributed by atoms with Crippen molar-refractivity contribution in [3.05, 3.63) is 27.4 Å². The molecule has 1 aromatic rings. The first-order valence-corrected chi connectivity index (χ1v) is 6.89. The molecule has 0 amide bonds. The molecule has 0 fully saturated rings. The first kappa shape index (κ1) is 16.7. The summed E-state index contributed by atoms with van der Waals surface area (Å²) >= 11 is 5.82. The van der Waals surface area contributed by atoms with Crippen LogP contribution in [0.3, 0.4) is 0 Å². The summed E-state index contributed by atoms with van der Waals surface area (Å²) in [6.07, 6.45) is 0.945. The van der Waals surface area contributed by atoms with Crippen LogP contribution in [-0.2, 0) is 0 Å². The maximum Gasteiger partial charge on any atom is 0.276 e. The number of hydrogen-bond acceptors (Lipinski definition) is 5. The number of nitro groups is 1. The number of halogens is 1. The second-order valence-electron chi connectivity index (χ2n) is 5.52. The predicted octanol–water partition coefficient (Wildman–Crippen LogP) is 3.03. The molecule has 0 saturated heterocycles. The van der Waals surface area contributed by atoms with Crippen LogP contribution < -0.4 is 5.32 Å². The first-order valence-electron chi connectivity index (χ1n) is 6.51. The summed E-state index contributed by atoms with van der Waals surface area (Å²) in [6, 6.07) is 2.82. The number of nitrogens with one attached hydrogen (secondary N) is 1. The minimum Gasteiger partial charge on any atom is -0.366 e. The van der Waals surface area contributed by atoms with Crippen LogP contribution in [0.15, 0.2) is 12.1 Å². The fourth-order valence-corrected chi connectivity index (χ4v) is 2.26. The topological polar surface area (TPSA) is 71.3 Å². The van der Waals surface area contributed by atoms with Gasteiger partial charge in [0.25, 0.3) is 5.69 Å². The van der Waals surface area contributed by atoms with Gasteiger partial charge in [0.1, 0.15) is 11.0 Å². The standard InChI is InChI=1S/C13H21ClN4O2/c1-9(2)5-10(8-17(3)4)15-13-7-11(18(19)20)6-12(14)16-13/h6-7,9-10H,5,8H2,1-4H3,(H,15,16). The summed E-state index contributed by atoms with van der Waals surface area (Å²) < 4.78 is 0. The highest BCUT2D eigenvalue weighted by molar-refractivity contribution is 6.29. The van der Waals surface area contributed by atoms with Crippen LogP contribution >= 0.6 is 11.6 Å². The van der Waals surface area contributed by atoms with Gasteiger partial charge >= 0.3 is 0 Å². The molecule has 0 aromatic carbocycles. The van der Waals surface area contributed by atoms with E-state index in [1.54, 1.807) is 0 Å². The number of rotatable bonds is 7. The average molecular weight is 301 g/mol. The number of hydrogen-bond donors (Lipinski definition) is 1. The van der Waals surface area contributed by atoms with Crippen molar-refractivity contribution in [2.24, 2.45) is 5.92 Å². The molecule has 1 rings (SSSR count). The van der Waals surface area contributed by atoms with Crippen molar-refractivity contribution >= 4 is 23.1 Å². The lowest BCUT2D eigenvalue weighted by Gasteiger charge is -2.24. The number of likely N-dealkylation sites (N-methyl/N-ethyl adjacent to an activating group) is 1. The fraction of sp³-hybridized carbons (Fsp3) is 0.615. The molecule has 1 atom stereocenters. The van der Waals surface area contributed by atoms with E-state index in [2.05, 4.69) is 29.0 Å². The van der Waals surface area contributed by atoms with E-state index >= 15 is 0 Å². The number of pyridine rings is 1. The molecule has 1 N–H and O–H groups in total. The van der Waals surface area contributed by atoms with Gasteiger partial charge in [-0.05, 0) is 26.4 Å². The molecule has 0 aliphatic heterocycles. The van der Waals surface area contributed by atoms with Crippen LogP contribution in [0.4, 0.5) is 11.5 Å². The zero-order valence-electron chi connectivity index (χ0n) is 12.3. The van der Waals surface area contributed by atoms with Crippen molar-refractivity contribution < 1.29 is 4.92 Å². The van der Waals surface area contributed by atoms with E-state index in [1.165, 1.54) is 12.1 Å². The zero-order valence-corrected chi connectivity index (χ0v) is 13.0. The van der Waals surface area contributed by atoms with Gasteiger partial charge in [-0.15, -0.1) is 0 Å². The molecule has 20 heavy (non-hydrogen) atoms. The molecule has 0 bridgehead atoms. The Labute approximate surface area is 124 Å².